The largest absolute Gasteiger partial charge is 0.324 e. The number of para-hydroxylation sites is 1. The second-order valence-electron chi connectivity index (χ2n) is 4.85. The summed E-state index contributed by atoms with van der Waals surface area (Å²) in [6.45, 7) is 7.78. The average molecular weight is 257 g/mol. The van der Waals surface area contributed by atoms with Crippen LogP contribution in [0.2, 0.25) is 0 Å². The maximum atomic E-state index is 12.3. The Morgan fingerprint density at radius 2 is 1.84 bits per heavy atom. The second-order valence-corrected chi connectivity index (χ2v) is 4.85. The summed E-state index contributed by atoms with van der Waals surface area (Å²) < 4.78 is 1.73. The van der Waals surface area contributed by atoms with Crippen molar-refractivity contribution in [3.05, 3.63) is 47.3 Å². The van der Waals surface area contributed by atoms with Crippen LogP contribution in [0.1, 0.15) is 29.8 Å². The molecule has 1 unspecified atom stereocenters. The lowest BCUT2D eigenvalue weighted by Crippen LogP contribution is -2.25. The van der Waals surface area contributed by atoms with Gasteiger partial charge in [0.25, 0.3) is 0 Å². The van der Waals surface area contributed by atoms with Crippen LogP contribution in [0.15, 0.2) is 30.5 Å². The van der Waals surface area contributed by atoms with E-state index in [4.69, 9.17) is 0 Å². The lowest BCUT2D eigenvalue weighted by Gasteiger charge is -2.17. The van der Waals surface area contributed by atoms with Crippen molar-refractivity contribution in [1.29, 1.82) is 0 Å². The van der Waals surface area contributed by atoms with Gasteiger partial charge in [0.1, 0.15) is 6.04 Å². The number of aryl methyl sites for hydroxylation is 3. The fraction of sp³-hybridized carbons (Fsp3) is 0.333. The number of nitrogens with one attached hydrogen (secondary N) is 1. The topological polar surface area (TPSA) is 46.9 Å². The van der Waals surface area contributed by atoms with Crippen LogP contribution in [0.25, 0.3) is 0 Å². The molecule has 0 saturated heterocycles. The Labute approximate surface area is 113 Å². The molecule has 1 heterocycles. The summed E-state index contributed by atoms with van der Waals surface area (Å²) in [5.74, 6) is -0.0517. The molecule has 0 radical (unpaired) electrons. The zero-order valence-electron chi connectivity index (χ0n) is 11.8. The van der Waals surface area contributed by atoms with Gasteiger partial charge in [-0.1, -0.05) is 18.2 Å². The molecule has 19 heavy (non-hydrogen) atoms. The van der Waals surface area contributed by atoms with E-state index in [1.807, 2.05) is 52.0 Å². The van der Waals surface area contributed by atoms with Crippen molar-refractivity contribution in [3.63, 3.8) is 0 Å². The molecule has 0 spiro atoms. The third-order valence-corrected chi connectivity index (χ3v) is 3.34. The molecule has 0 aliphatic rings. The molecule has 1 aromatic heterocycles. The highest BCUT2D eigenvalue weighted by Gasteiger charge is 2.18. The quantitative estimate of drug-likeness (QED) is 0.918. The molecule has 0 aliphatic heterocycles. The van der Waals surface area contributed by atoms with Gasteiger partial charge >= 0.3 is 0 Å². The number of hydrogen-bond donors (Lipinski definition) is 1. The van der Waals surface area contributed by atoms with Crippen molar-refractivity contribution < 1.29 is 4.79 Å². The molecule has 1 amide bonds. The summed E-state index contributed by atoms with van der Waals surface area (Å²) in [5, 5.41) is 7.17. The number of carbonyl (C=O) groups excluding carboxylic acids is 1. The molecular formula is C15H19N3O. The number of benzene rings is 1. The predicted octanol–water partition coefficient (Wildman–Crippen LogP) is 3.01. The second kappa shape index (κ2) is 5.26. The van der Waals surface area contributed by atoms with Crippen LogP contribution in [-0.2, 0) is 4.79 Å². The number of hydrogen-bond acceptors (Lipinski definition) is 2. The Morgan fingerprint density at radius 1 is 1.21 bits per heavy atom. The molecule has 2 aromatic rings. The van der Waals surface area contributed by atoms with Gasteiger partial charge in [0, 0.05) is 17.6 Å². The van der Waals surface area contributed by atoms with Crippen LogP contribution in [0, 0.1) is 20.8 Å². The SMILES string of the molecule is Cc1cccc(C)c1NC(=O)C(C)n1nccc1C. The first kappa shape index (κ1) is 13.3. The molecule has 2 rings (SSSR count). The van der Waals surface area contributed by atoms with E-state index in [0.717, 1.165) is 22.5 Å². The molecule has 4 heteroatoms. The lowest BCUT2D eigenvalue weighted by atomic mass is 10.1. The zero-order chi connectivity index (χ0) is 14.0. The van der Waals surface area contributed by atoms with E-state index in [9.17, 15) is 4.79 Å². The van der Waals surface area contributed by atoms with Gasteiger partial charge in [0.05, 0.1) is 0 Å². The normalized spacial score (nSPS) is 12.2. The van der Waals surface area contributed by atoms with Crippen LogP contribution in [0.4, 0.5) is 5.69 Å². The number of carbonyl (C=O) groups is 1. The lowest BCUT2D eigenvalue weighted by molar-refractivity contribution is -0.119. The van der Waals surface area contributed by atoms with Gasteiger partial charge in [-0.2, -0.15) is 5.10 Å². The van der Waals surface area contributed by atoms with Gasteiger partial charge in [-0.05, 0) is 44.9 Å². The number of amides is 1. The summed E-state index contributed by atoms with van der Waals surface area (Å²) in [5.41, 5.74) is 4.00. The molecule has 4 nitrogen and oxygen atoms in total. The highest BCUT2D eigenvalue weighted by molar-refractivity contribution is 5.94. The summed E-state index contributed by atoms with van der Waals surface area (Å²) in [4.78, 5) is 12.3. The first-order chi connectivity index (χ1) is 9.00. The highest BCUT2D eigenvalue weighted by Crippen LogP contribution is 2.21. The van der Waals surface area contributed by atoms with Crippen LogP contribution >= 0.6 is 0 Å². The predicted molar refractivity (Wildman–Crippen MR) is 76.2 cm³/mol. The minimum atomic E-state index is -0.325. The van der Waals surface area contributed by atoms with Gasteiger partial charge in [-0.15, -0.1) is 0 Å². The van der Waals surface area contributed by atoms with E-state index in [1.165, 1.54) is 0 Å². The van der Waals surface area contributed by atoms with Crippen molar-refractivity contribution in [2.24, 2.45) is 0 Å². The van der Waals surface area contributed by atoms with E-state index in [2.05, 4.69) is 10.4 Å². The van der Waals surface area contributed by atoms with E-state index >= 15 is 0 Å². The van der Waals surface area contributed by atoms with Crippen molar-refractivity contribution >= 4 is 11.6 Å². The third-order valence-electron chi connectivity index (χ3n) is 3.34. The van der Waals surface area contributed by atoms with Crippen molar-refractivity contribution in [1.82, 2.24) is 9.78 Å². The van der Waals surface area contributed by atoms with Crippen LogP contribution in [0.5, 0.6) is 0 Å². The molecule has 1 aromatic carbocycles. The molecule has 1 atom stereocenters. The Balaban J connectivity index is 2.20. The number of rotatable bonds is 3. The van der Waals surface area contributed by atoms with Gasteiger partial charge < -0.3 is 5.32 Å². The standard InChI is InChI=1S/C15H19N3O/c1-10-6-5-7-11(2)14(10)17-15(19)13(4)18-12(3)8-9-16-18/h5-9,13H,1-4H3,(H,17,19). The van der Waals surface area contributed by atoms with E-state index in [0.29, 0.717) is 0 Å². The Morgan fingerprint density at radius 3 is 2.37 bits per heavy atom. The molecule has 0 saturated carbocycles. The van der Waals surface area contributed by atoms with Crippen molar-refractivity contribution in [3.8, 4) is 0 Å². The van der Waals surface area contributed by atoms with Crippen LogP contribution < -0.4 is 5.32 Å². The molecule has 100 valence electrons. The molecule has 1 N–H and O–H groups in total. The Kier molecular flexibility index (Phi) is 3.69. The highest BCUT2D eigenvalue weighted by atomic mass is 16.2. The van der Waals surface area contributed by atoms with Gasteiger partial charge in [-0.3, -0.25) is 9.48 Å². The summed E-state index contributed by atoms with van der Waals surface area (Å²) >= 11 is 0. The van der Waals surface area contributed by atoms with Crippen LogP contribution in [0.3, 0.4) is 0 Å². The number of aromatic nitrogens is 2. The summed E-state index contributed by atoms with van der Waals surface area (Å²) in [7, 11) is 0. The fourth-order valence-electron chi connectivity index (χ4n) is 2.14. The van der Waals surface area contributed by atoms with Gasteiger partial charge in [-0.25, -0.2) is 0 Å². The number of anilines is 1. The number of nitrogens with zero attached hydrogens (tertiary/aromatic N) is 2. The van der Waals surface area contributed by atoms with Gasteiger partial charge in [0.2, 0.25) is 5.91 Å². The molecule has 0 fully saturated rings. The average Bonchev–Trinajstić information content (AvgIpc) is 2.79. The monoisotopic (exact) mass is 257 g/mol. The van der Waals surface area contributed by atoms with E-state index in [-0.39, 0.29) is 11.9 Å². The molecule has 0 aliphatic carbocycles. The minimum absolute atomic E-state index is 0.0517. The Hall–Kier alpha value is -2.10. The minimum Gasteiger partial charge on any atom is -0.324 e. The van der Waals surface area contributed by atoms with Crippen molar-refractivity contribution in [2.75, 3.05) is 5.32 Å². The maximum Gasteiger partial charge on any atom is 0.248 e. The van der Waals surface area contributed by atoms with E-state index < -0.39 is 0 Å². The van der Waals surface area contributed by atoms with Crippen molar-refractivity contribution in [2.45, 2.75) is 33.7 Å². The third kappa shape index (κ3) is 2.67. The fourth-order valence-corrected chi connectivity index (χ4v) is 2.14. The molecule has 0 bridgehead atoms. The summed E-state index contributed by atoms with van der Waals surface area (Å²) in [6, 6.07) is 7.54. The summed E-state index contributed by atoms with van der Waals surface area (Å²) in [6.07, 6.45) is 1.71. The van der Waals surface area contributed by atoms with Gasteiger partial charge in [0.15, 0.2) is 0 Å². The maximum absolute atomic E-state index is 12.3. The smallest absolute Gasteiger partial charge is 0.248 e. The first-order valence-corrected chi connectivity index (χ1v) is 6.38. The van der Waals surface area contributed by atoms with Crippen LogP contribution in [-0.4, -0.2) is 15.7 Å². The first-order valence-electron chi connectivity index (χ1n) is 6.38. The Bertz CT molecular complexity index is 581. The molecular weight excluding hydrogens is 238 g/mol. The zero-order valence-corrected chi connectivity index (χ0v) is 11.8. The van der Waals surface area contributed by atoms with E-state index in [1.54, 1.807) is 10.9 Å².